The van der Waals surface area contributed by atoms with E-state index in [2.05, 4.69) is 0 Å². The smallest absolute Gasteiger partial charge is 0.204 e. The predicted molar refractivity (Wildman–Crippen MR) is 107 cm³/mol. The summed E-state index contributed by atoms with van der Waals surface area (Å²) < 4.78 is 38.3. The largest absolute Gasteiger partial charge is 0.496 e. The highest BCUT2D eigenvalue weighted by molar-refractivity contribution is 5.90. The summed E-state index contributed by atoms with van der Waals surface area (Å²) >= 11 is 0. The van der Waals surface area contributed by atoms with Crippen LogP contribution in [0.1, 0.15) is 0 Å². The molecule has 154 valence electrons. The maximum absolute atomic E-state index is 13.0. The average molecular weight is 402 g/mol. The summed E-state index contributed by atoms with van der Waals surface area (Å²) in [7, 11) is 8.97. The SMILES string of the molecule is COc1cc(OC)c(-c2cc(=O)c3c(OC)c(OC)c(OC)cc3o2)cc1OC. The lowest BCUT2D eigenvalue weighted by Gasteiger charge is -2.16. The van der Waals surface area contributed by atoms with Crippen LogP contribution in [0.15, 0.2) is 33.5 Å². The Morgan fingerprint density at radius 1 is 0.621 bits per heavy atom. The van der Waals surface area contributed by atoms with E-state index >= 15 is 0 Å². The van der Waals surface area contributed by atoms with Crippen molar-refractivity contribution in [3.8, 4) is 45.8 Å². The van der Waals surface area contributed by atoms with Gasteiger partial charge in [0.25, 0.3) is 0 Å². The van der Waals surface area contributed by atoms with Crippen LogP contribution in [0.2, 0.25) is 0 Å². The van der Waals surface area contributed by atoms with Gasteiger partial charge >= 0.3 is 0 Å². The molecular weight excluding hydrogens is 380 g/mol. The van der Waals surface area contributed by atoms with Crippen molar-refractivity contribution in [2.45, 2.75) is 0 Å². The van der Waals surface area contributed by atoms with Crippen LogP contribution in [0.3, 0.4) is 0 Å². The number of hydrogen-bond acceptors (Lipinski definition) is 8. The Bertz CT molecular complexity index is 1100. The number of ether oxygens (including phenoxy) is 6. The van der Waals surface area contributed by atoms with Crippen LogP contribution in [0, 0.1) is 0 Å². The Morgan fingerprint density at radius 2 is 1.21 bits per heavy atom. The number of rotatable bonds is 7. The lowest BCUT2D eigenvalue weighted by atomic mass is 10.1. The van der Waals surface area contributed by atoms with Gasteiger partial charge in [-0.15, -0.1) is 0 Å². The molecule has 8 heteroatoms. The molecule has 0 bridgehead atoms. The fraction of sp³-hybridized carbons (Fsp3) is 0.286. The van der Waals surface area contributed by atoms with Crippen LogP contribution >= 0.6 is 0 Å². The van der Waals surface area contributed by atoms with Gasteiger partial charge in [0.1, 0.15) is 22.5 Å². The van der Waals surface area contributed by atoms with Crippen molar-refractivity contribution in [3.63, 3.8) is 0 Å². The van der Waals surface area contributed by atoms with Gasteiger partial charge in [0.15, 0.2) is 28.4 Å². The molecule has 8 nitrogen and oxygen atoms in total. The maximum Gasteiger partial charge on any atom is 0.204 e. The molecule has 0 aliphatic heterocycles. The second-order valence-corrected chi connectivity index (χ2v) is 5.90. The van der Waals surface area contributed by atoms with E-state index in [4.69, 9.17) is 32.8 Å². The van der Waals surface area contributed by atoms with Gasteiger partial charge < -0.3 is 32.8 Å². The first-order valence-corrected chi connectivity index (χ1v) is 8.60. The second-order valence-electron chi connectivity index (χ2n) is 5.90. The zero-order valence-corrected chi connectivity index (χ0v) is 17.1. The fourth-order valence-electron chi connectivity index (χ4n) is 3.14. The molecule has 1 aromatic heterocycles. The Balaban J connectivity index is 2.35. The van der Waals surface area contributed by atoms with Crippen LogP contribution in [0.5, 0.6) is 34.5 Å². The van der Waals surface area contributed by atoms with Gasteiger partial charge in [0.05, 0.1) is 48.2 Å². The summed E-state index contributed by atoms with van der Waals surface area (Å²) in [5.74, 6) is 2.62. The van der Waals surface area contributed by atoms with E-state index in [0.717, 1.165) is 0 Å². The number of methoxy groups -OCH3 is 6. The Kier molecular flexibility index (Phi) is 5.72. The molecule has 0 spiro atoms. The van der Waals surface area contributed by atoms with E-state index in [-0.39, 0.29) is 27.9 Å². The third-order valence-corrected chi connectivity index (χ3v) is 4.49. The van der Waals surface area contributed by atoms with Crippen molar-refractivity contribution in [3.05, 3.63) is 34.5 Å². The molecule has 3 aromatic rings. The fourth-order valence-corrected chi connectivity index (χ4v) is 3.14. The molecule has 0 unspecified atom stereocenters. The highest BCUT2D eigenvalue weighted by Gasteiger charge is 2.22. The topological polar surface area (TPSA) is 85.6 Å². The van der Waals surface area contributed by atoms with Crippen LogP contribution in [-0.2, 0) is 0 Å². The first-order chi connectivity index (χ1) is 14.0. The second kappa shape index (κ2) is 8.22. The number of hydrogen-bond donors (Lipinski definition) is 0. The molecule has 0 atom stereocenters. The normalized spacial score (nSPS) is 10.6. The van der Waals surface area contributed by atoms with Crippen molar-refractivity contribution >= 4 is 11.0 Å². The minimum Gasteiger partial charge on any atom is -0.496 e. The van der Waals surface area contributed by atoms with E-state index < -0.39 is 0 Å². The van der Waals surface area contributed by atoms with Gasteiger partial charge in [-0.3, -0.25) is 4.79 Å². The third kappa shape index (κ3) is 3.37. The molecule has 29 heavy (non-hydrogen) atoms. The monoisotopic (exact) mass is 402 g/mol. The molecule has 0 aliphatic rings. The van der Waals surface area contributed by atoms with Crippen molar-refractivity contribution in [1.29, 1.82) is 0 Å². The van der Waals surface area contributed by atoms with Crippen molar-refractivity contribution in [2.75, 3.05) is 42.7 Å². The van der Waals surface area contributed by atoms with Gasteiger partial charge in [-0.05, 0) is 6.07 Å². The van der Waals surface area contributed by atoms with Crippen LogP contribution in [0.25, 0.3) is 22.3 Å². The third-order valence-electron chi connectivity index (χ3n) is 4.49. The molecule has 0 saturated heterocycles. The quantitative estimate of drug-likeness (QED) is 0.594. The first kappa shape index (κ1) is 20.2. The molecular formula is C21H22O8. The van der Waals surface area contributed by atoms with Crippen LogP contribution in [0.4, 0.5) is 0 Å². The summed E-state index contributed by atoms with van der Waals surface area (Å²) in [4.78, 5) is 13.0. The Morgan fingerprint density at radius 3 is 1.76 bits per heavy atom. The summed E-state index contributed by atoms with van der Waals surface area (Å²) in [6.45, 7) is 0. The van der Waals surface area contributed by atoms with Gasteiger partial charge in [-0.2, -0.15) is 0 Å². The molecule has 2 aromatic carbocycles. The number of benzene rings is 2. The van der Waals surface area contributed by atoms with Crippen molar-refractivity contribution in [1.82, 2.24) is 0 Å². The molecule has 0 saturated carbocycles. The maximum atomic E-state index is 13.0. The standard InChI is InChI=1S/C21H22O8/c1-23-13-9-16(25-3)15(24-2)7-11(13)14-8-12(22)19-17(29-14)10-18(26-4)20(27-5)21(19)28-6/h7-10H,1-6H3. The molecule has 1 heterocycles. The van der Waals surface area contributed by atoms with E-state index in [0.29, 0.717) is 34.3 Å². The predicted octanol–water partition coefficient (Wildman–Crippen LogP) is 3.51. The molecule has 0 N–H and O–H groups in total. The number of fused-ring (bicyclic) bond motifs is 1. The van der Waals surface area contributed by atoms with Crippen LogP contribution < -0.4 is 33.8 Å². The first-order valence-electron chi connectivity index (χ1n) is 8.60. The van der Waals surface area contributed by atoms with E-state index in [1.807, 2.05) is 0 Å². The Hall–Kier alpha value is -3.55. The van der Waals surface area contributed by atoms with Gasteiger partial charge in [-0.25, -0.2) is 0 Å². The summed E-state index contributed by atoms with van der Waals surface area (Å²) in [6, 6.07) is 6.28. The van der Waals surface area contributed by atoms with Crippen LogP contribution in [-0.4, -0.2) is 42.7 Å². The minimum absolute atomic E-state index is 0.237. The summed E-state index contributed by atoms with van der Waals surface area (Å²) in [6.07, 6.45) is 0. The molecule has 0 fully saturated rings. The van der Waals surface area contributed by atoms with Gasteiger partial charge in [0, 0.05) is 18.2 Å². The lowest BCUT2D eigenvalue weighted by molar-refractivity contribution is 0.326. The molecule has 0 aliphatic carbocycles. The van der Waals surface area contributed by atoms with Gasteiger partial charge in [0.2, 0.25) is 5.75 Å². The Labute approximate surface area is 167 Å². The highest BCUT2D eigenvalue weighted by Crippen LogP contribution is 2.44. The summed E-state index contributed by atoms with van der Waals surface area (Å²) in [5.41, 5.74) is 0.493. The van der Waals surface area contributed by atoms with E-state index in [1.165, 1.54) is 48.7 Å². The van der Waals surface area contributed by atoms with Gasteiger partial charge in [-0.1, -0.05) is 0 Å². The molecule has 3 rings (SSSR count). The lowest BCUT2D eigenvalue weighted by Crippen LogP contribution is -2.05. The highest BCUT2D eigenvalue weighted by atomic mass is 16.5. The zero-order valence-electron chi connectivity index (χ0n) is 17.1. The average Bonchev–Trinajstić information content (AvgIpc) is 2.76. The summed E-state index contributed by atoms with van der Waals surface area (Å²) in [5, 5.41) is 0.244. The molecule has 0 amide bonds. The zero-order chi connectivity index (χ0) is 21.1. The molecule has 0 radical (unpaired) electrons. The van der Waals surface area contributed by atoms with E-state index in [1.54, 1.807) is 18.2 Å². The van der Waals surface area contributed by atoms with Crippen molar-refractivity contribution < 1.29 is 32.8 Å². The van der Waals surface area contributed by atoms with Crippen molar-refractivity contribution in [2.24, 2.45) is 0 Å². The van der Waals surface area contributed by atoms with E-state index in [9.17, 15) is 4.79 Å². The minimum atomic E-state index is -0.309.